The minimum atomic E-state index is -0.282. The van der Waals surface area contributed by atoms with Gasteiger partial charge in [0.25, 0.3) is 0 Å². The van der Waals surface area contributed by atoms with Crippen molar-refractivity contribution in [3.05, 3.63) is 35.5 Å². The summed E-state index contributed by atoms with van der Waals surface area (Å²) in [4.78, 5) is 18.8. The molecule has 0 bridgehead atoms. The van der Waals surface area contributed by atoms with E-state index in [1.807, 2.05) is 13.8 Å². The summed E-state index contributed by atoms with van der Waals surface area (Å²) < 4.78 is 19.2. The number of hydrogen-bond donors (Lipinski definition) is 1. The molecule has 1 aliphatic rings. The van der Waals surface area contributed by atoms with E-state index in [1.54, 1.807) is 19.1 Å². The van der Waals surface area contributed by atoms with Crippen molar-refractivity contribution in [2.24, 2.45) is 5.92 Å². The van der Waals surface area contributed by atoms with Crippen LogP contribution in [0.4, 0.5) is 4.39 Å². The molecular weight excluding hydrogens is 347 g/mol. The average Bonchev–Trinajstić information content (AvgIpc) is 3.18. The number of nitrogens with one attached hydrogen (secondary N) is 1. The summed E-state index contributed by atoms with van der Waals surface area (Å²) in [6.07, 6.45) is 2.60. The molecule has 0 saturated carbocycles. The first-order valence-corrected chi connectivity index (χ1v) is 9.61. The molecule has 3 rings (SSSR count). The van der Waals surface area contributed by atoms with Crippen LogP contribution in [0.5, 0.6) is 0 Å². The zero-order valence-corrected chi connectivity index (χ0v) is 16.2. The molecule has 1 aromatic heterocycles. The van der Waals surface area contributed by atoms with Crippen LogP contribution in [0.1, 0.15) is 50.6 Å². The quantitative estimate of drug-likeness (QED) is 0.838. The fourth-order valence-corrected chi connectivity index (χ4v) is 3.35. The molecule has 1 aliphatic heterocycles. The number of benzene rings is 1. The minimum Gasteiger partial charge on any atom is -0.356 e. The molecule has 1 unspecified atom stereocenters. The van der Waals surface area contributed by atoms with Crippen LogP contribution in [0, 0.1) is 18.7 Å². The van der Waals surface area contributed by atoms with Gasteiger partial charge in [-0.1, -0.05) is 24.2 Å². The summed E-state index contributed by atoms with van der Waals surface area (Å²) in [7, 11) is 0. The first-order chi connectivity index (χ1) is 13.0. The second-order valence-electron chi connectivity index (χ2n) is 7.20. The number of halogens is 1. The maximum atomic E-state index is 13.8. The van der Waals surface area contributed by atoms with Gasteiger partial charge in [-0.05, 0) is 57.8 Å². The highest BCUT2D eigenvalue weighted by atomic mass is 19.1. The van der Waals surface area contributed by atoms with Crippen molar-refractivity contribution in [1.82, 2.24) is 20.4 Å². The average molecular weight is 374 g/mol. The minimum absolute atomic E-state index is 0.0406. The molecule has 7 heteroatoms. The first-order valence-electron chi connectivity index (χ1n) is 9.61. The highest BCUT2D eigenvalue weighted by molar-refractivity contribution is 5.78. The number of rotatable bonds is 6. The Morgan fingerprint density at radius 1 is 1.41 bits per heavy atom. The Labute approximate surface area is 159 Å². The van der Waals surface area contributed by atoms with E-state index < -0.39 is 0 Å². The van der Waals surface area contributed by atoms with Gasteiger partial charge in [-0.2, -0.15) is 4.98 Å². The van der Waals surface area contributed by atoms with Crippen LogP contribution in [-0.2, 0) is 4.79 Å². The Morgan fingerprint density at radius 3 is 2.81 bits per heavy atom. The van der Waals surface area contributed by atoms with Gasteiger partial charge in [-0.25, -0.2) is 4.39 Å². The van der Waals surface area contributed by atoms with Gasteiger partial charge >= 0.3 is 0 Å². The lowest BCUT2D eigenvalue weighted by atomic mass is 9.95. The Bertz CT molecular complexity index is 784. The number of hydrogen-bond acceptors (Lipinski definition) is 5. The summed E-state index contributed by atoms with van der Waals surface area (Å²) in [6, 6.07) is 4.88. The van der Waals surface area contributed by atoms with Crippen LogP contribution >= 0.6 is 0 Å². The van der Waals surface area contributed by atoms with Gasteiger partial charge in [0.2, 0.25) is 17.6 Å². The summed E-state index contributed by atoms with van der Waals surface area (Å²) in [5.41, 5.74) is 1.19. The number of carbonyl (C=O) groups excluding carboxylic acids is 1. The molecule has 0 aliphatic carbocycles. The third-order valence-electron chi connectivity index (χ3n) is 5.23. The standard InChI is InChI=1S/C20H27FN4O2/c1-4-9-22-19(26)15-7-10-25(11-8-15)14(3)20-23-18(24-27-20)16-6-5-13(2)17(21)12-16/h5-6,12,14-15H,4,7-11H2,1-3H3,(H,22,26). The molecule has 0 radical (unpaired) electrons. The summed E-state index contributed by atoms with van der Waals surface area (Å²) in [5, 5.41) is 6.99. The molecule has 1 N–H and O–H groups in total. The van der Waals surface area contributed by atoms with Gasteiger partial charge in [0.05, 0.1) is 6.04 Å². The van der Waals surface area contributed by atoms with E-state index in [1.165, 1.54) is 6.07 Å². The summed E-state index contributed by atoms with van der Waals surface area (Å²) in [6.45, 7) is 8.14. The molecular formula is C20H27FN4O2. The zero-order valence-electron chi connectivity index (χ0n) is 16.2. The van der Waals surface area contributed by atoms with Crippen LogP contribution in [0.3, 0.4) is 0 Å². The van der Waals surface area contributed by atoms with Gasteiger partial charge in [-0.3, -0.25) is 9.69 Å². The molecule has 27 heavy (non-hydrogen) atoms. The van der Waals surface area contributed by atoms with E-state index in [4.69, 9.17) is 4.52 Å². The van der Waals surface area contributed by atoms with Gasteiger partial charge in [0, 0.05) is 18.0 Å². The van der Waals surface area contributed by atoms with Gasteiger partial charge in [0.15, 0.2) is 0 Å². The van der Waals surface area contributed by atoms with E-state index in [9.17, 15) is 9.18 Å². The third-order valence-corrected chi connectivity index (χ3v) is 5.23. The van der Waals surface area contributed by atoms with Crippen molar-refractivity contribution in [1.29, 1.82) is 0 Å². The number of aryl methyl sites for hydroxylation is 1. The van der Waals surface area contributed by atoms with E-state index in [-0.39, 0.29) is 23.7 Å². The molecule has 2 aromatic rings. The SMILES string of the molecule is CCCNC(=O)C1CCN(C(C)c2nc(-c3ccc(C)c(F)c3)no2)CC1. The van der Waals surface area contributed by atoms with Crippen LogP contribution in [-0.4, -0.2) is 40.6 Å². The largest absolute Gasteiger partial charge is 0.356 e. The number of amides is 1. The van der Waals surface area contributed by atoms with E-state index in [2.05, 4.69) is 20.4 Å². The van der Waals surface area contributed by atoms with Crippen LogP contribution < -0.4 is 5.32 Å². The van der Waals surface area contributed by atoms with Crippen LogP contribution in [0.25, 0.3) is 11.4 Å². The monoisotopic (exact) mass is 374 g/mol. The lowest BCUT2D eigenvalue weighted by Crippen LogP contribution is -2.41. The second kappa shape index (κ2) is 8.61. The molecule has 2 heterocycles. The maximum Gasteiger partial charge on any atom is 0.244 e. The molecule has 1 atom stereocenters. The van der Waals surface area contributed by atoms with Crippen molar-refractivity contribution >= 4 is 5.91 Å². The Balaban J connectivity index is 1.60. The first kappa shape index (κ1) is 19.5. The Morgan fingerprint density at radius 2 is 2.15 bits per heavy atom. The normalized spacial score (nSPS) is 17.0. The van der Waals surface area contributed by atoms with Gasteiger partial charge in [-0.15, -0.1) is 0 Å². The highest BCUT2D eigenvalue weighted by Gasteiger charge is 2.29. The zero-order chi connectivity index (χ0) is 19.4. The lowest BCUT2D eigenvalue weighted by molar-refractivity contribution is -0.126. The molecule has 146 valence electrons. The van der Waals surface area contributed by atoms with Crippen LogP contribution in [0.2, 0.25) is 0 Å². The number of piperidine rings is 1. The van der Waals surface area contributed by atoms with Crippen molar-refractivity contribution in [3.63, 3.8) is 0 Å². The topological polar surface area (TPSA) is 71.3 Å². The van der Waals surface area contributed by atoms with E-state index in [0.29, 0.717) is 22.8 Å². The Kier molecular flexibility index (Phi) is 6.21. The van der Waals surface area contributed by atoms with Crippen molar-refractivity contribution in [3.8, 4) is 11.4 Å². The van der Waals surface area contributed by atoms with Crippen molar-refractivity contribution < 1.29 is 13.7 Å². The predicted octanol–water partition coefficient (Wildman–Crippen LogP) is 3.48. The second-order valence-corrected chi connectivity index (χ2v) is 7.20. The molecule has 1 saturated heterocycles. The summed E-state index contributed by atoms with van der Waals surface area (Å²) in [5.74, 6) is 0.860. The Hall–Kier alpha value is -2.28. The molecule has 1 amide bonds. The van der Waals surface area contributed by atoms with Gasteiger partial charge in [0.1, 0.15) is 5.82 Å². The van der Waals surface area contributed by atoms with E-state index >= 15 is 0 Å². The molecule has 1 fully saturated rings. The predicted molar refractivity (Wildman–Crippen MR) is 100 cm³/mol. The van der Waals surface area contributed by atoms with Crippen molar-refractivity contribution in [2.45, 2.75) is 46.1 Å². The smallest absolute Gasteiger partial charge is 0.244 e. The molecule has 0 spiro atoms. The third kappa shape index (κ3) is 4.53. The number of likely N-dealkylation sites (tertiary alicyclic amines) is 1. The van der Waals surface area contributed by atoms with E-state index in [0.717, 1.165) is 38.9 Å². The maximum absolute atomic E-state index is 13.8. The fraction of sp³-hybridized carbons (Fsp3) is 0.550. The lowest BCUT2D eigenvalue weighted by Gasteiger charge is -2.33. The molecule has 6 nitrogen and oxygen atoms in total. The van der Waals surface area contributed by atoms with Crippen LogP contribution in [0.15, 0.2) is 22.7 Å². The highest BCUT2D eigenvalue weighted by Crippen LogP contribution is 2.27. The number of nitrogens with zero attached hydrogens (tertiary/aromatic N) is 3. The summed E-state index contributed by atoms with van der Waals surface area (Å²) >= 11 is 0. The van der Waals surface area contributed by atoms with Crippen molar-refractivity contribution in [2.75, 3.05) is 19.6 Å². The fourth-order valence-electron chi connectivity index (χ4n) is 3.35. The molecule has 1 aromatic carbocycles. The number of carbonyl (C=O) groups is 1. The number of aromatic nitrogens is 2. The van der Waals surface area contributed by atoms with Gasteiger partial charge < -0.3 is 9.84 Å².